The minimum atomic E-state index is -0.239. The fourth-order valence-electron chi connectivity index (χ4n) is 2.88. The van der Waals surface area contributed by atoms with Crippen LogP contribution in [-0.4, -0.2) is 39.1 Å². The average molecular weight is 340 g/mol. The van der Waals surface area contributed by atoms with Gasteiger partial charge in [0.2, 0.25) is 5.91 Å². The summed E-state index contributed by atoms with van der Waals surface area (Å²) in [7, 11) is 3.07. The molecule has 1 aliphatic rings. The zero-order valence-electron chi connectivity index (χ0n) is 14.2. The number of nitrogens with one attached hydrogen (secondary N) is 1. The highest BCUT2D eigenvalue weighted by molar-refractivity contribution is 6.01. The molecule has 0 aromatic heterocycles. The van der Waals surface area contributed by atoms with E-state index in [2.05, 4.69) is 5.32 Å². The lowest BCUT2D eigenvalue weighted by Gasteiger charge is -2.18. The van der Waals surface area contributed by atoms with E-state index in [0.717, 1.165) is 11.3 Å². The monoisotopic (exact) mass is 340 g/mol. The maximum absolute atomic E-state index is 12.4. The molecule has 0 fully saturated rings. The quantitative estimate of drug-likeness (QED) is 0.874. The average Bonchev–Trinajstić information content (AvgIpc) is 2.96. The van der Waals surface area contributed by atoms with Crippen molar-refractivity contribution in [3.05, 3.63) is 53.6 Å². The first-order valence-corrected chi connectivity index (χ1v) is 8.02. The van der Waals surface area contributed by atoms with Crippen molar-refractivity contribution in [2.45, 2.75) is 6.42 Å². The molecule has 2 aromatic carbocycles. The van der Waals surface area contributed by atoms with E-state index in [4.69, 9.17) is 9.47 Å². The van der Waals surface area contributed by atoms with Crippen molar-refractivity contribution >= 4 is 17.5 Å². The summed E-state index contributed by atoms with van der Waals surface area (Å²) in [6.45, 7) is 0.793. The zero-order valence-corrected chi connectivity index (χ0v) is 14.2. The Bertz CT molecular complexity index is 782. The molecule has 3 rings (SSSR count). The Morgan fingerprint density at radius 3 is 2.48 bits per heavy atom. The van der Waals surface area contributed by atoms with E-state index in [-0.39, 0.29) is 11.8 Å². The normalized spacial score (nSPS) is 12.7. The van der Waals surface area contributed by atoms with Crippen LogP contribution in [0.15, 0.2) is 42.5 Å². The van der Waals surface area contributed by atoms with Crippen molar-refractivity contribution in [2.75, 3.05) is 32.2 Å². The van der Waals surface area contributed by atoms with E-state index < -0.39 is 0 Å². The van der Waals surface area contributed by atoms with Crippen LogP contribution in [0, 0.1) is 0 Å². The van der Waals surface area contributed by atoms with Gasteiger partial charge in [0.25, 0.3) is 5.91 Å². The number of benzene rings is 2. The maximum Gasteiger partial charge on any atom is 0.251 e. The Morgan fingerprint density at radius 2 is 1.80 bits per heavy atom. The second-order valence-electron chi connectivity index (χ2n) is 5.71. The van der Waals surface area contributed by atoms with Crippen LogP contribution in [0.1, 0.15) is 15.9 Å². The van der Waals surface area contributed by atoms with Gasteiger partial charge in [-0.25, -0.2) is 0 Å². The van der Waals surface area contributed by atoms with Gasteiger partial charge in [0, 0.05) is 30.4 Å². The second-order valence-corrected chi connectivity index (χ2v) is 5.71. The first-order chi connectivity index (χ1) is 12.1. The van der Waals surface area contributed by atoms with Crippen LogP contribution in [0.25, 0.3) is 0 Å². The Morgan fingerprint density at radius 1 is 1.12 bits per heavy atom. The molecular weight excluding hydrogens is 320 g/mol. The van der Waals surface area contributed by atoms with Gasteiger partial charge >= 0.3 is 0 Å². The molecule has 2 amide bonds. The minimum absolute atomic E-state index is 0.0542. The smallest absolute Gasteiger partial charge is 0.251 e. The third-order valence-corrected chi connectivity index (χ3v) is 4.16. The lowest BCUT2D eigenvalue weighted by Crippen LogP contribution is -2.36. The second kappa shape index (κ2) is 7.25. The number of amides is 2. The van der Waals surface area contributed by atoms with Gasteiger partial charge in [0.15, 0.2) is 0 Å². The Balaban J connectivity index is 1.63. The number of hydrogen-bond acceptors (Lipinski definition) is 4. The van der Waals surface area contributed by atoms with Crippen molar-refractivity contribution < 1.29 is 19.1 Å². The van der Waals surface area contributed by atoms with Gasteiger partial charge in [-0.15, -0.1) is 0 Å². The molecular formula is C19H20N2O4. The van der Waals surface area contributed by atoms with Crippen molar-refractivity contribution in [2.24, 2.45) is 0 Å². The number of ether oxygens (including phenoxy) is 2. The van der Waals surface area contributed by atoms with E-state index in [1.807, 2.05) is 24.3 Å². The molecule has 25 heavy (non-hydrogen) atoms. The predicted molar refractivity (Wildman–Crippen MR) is 94.4 cm³/mol. The van der Waals surface area contributed by atoms with Crippen molar-refractivity contribution in [3.8, 4) is 11.5 Å². The molecule has 2 aromatic rings. The van der Waals surface area contributed by atoms with E-state index in [1.165, 1.54) is 14.2 Å². The third-order valence-electron chi connectivity index (χ3n) is 4.16. The molecule has 0 atom stereocenters. The summed E-state index contributed by atoms with van der Waals surface area (Å²) in [6.07, 6.45) is 0.414. The molecule has 1 aliphatic heterocycles. The zero-order chi connectivity index (χ0) is 17.8. The summed E-state index contributed by atoms with van der Waals surface area (Å²) in [5.41, 5.74) is 2.39. The molecule has 0 aliphatic carbocycles. The first kappa shape index (κ1) is 16.8. The third kappa shape index (κ3) is 3.57. The molecule has 0 spiro atoms. The van der Waals surface area contributed by atoms with Crippen molar-refractivity contribution in [1.29, 1.82) is 0 Å². The lowest BCUT2D eigenvalue weighted by atomic mass is 10.2. The van der Waals surface area contributed by atoms with Gasteiger partial charge in [-0.1, -0.05) is 18.2 Å². The van der Waals surface area contributed by atoms with Gasteiger partial charge in [0.1, 0.15) is 11.5 Å². The van der Waals surface area contributed by atoms with Gasteiger partial charge in [-0.05, 0) is 23.8 Å². The summed E-state index contributed by atoms with van der Waals surface area (Å²) in [4.78, 5) is 26.2. The lowest BCUT2D eigenvalue weighted by molar-refractivity contribution is -0.117. The van der Waals surface area contributed by atoms with Crippen LogP contribution in [0.5, 0.6) is 11.5 Å². The number of carbonyl (C=O) groups excluding carboxylic acids is 2. The number of carbonyl (C=O) groups is 2. The minimum Gasteiger partial charge on any atom is -0.497 e. The van der Waals surface area contributed by atoms with Gasteiger partial charge < -0.3 is 19.7 Å². The standard InChI is InChI=1S/C19H20N2O4/c1-24-15-9-14(10-16(12-15)25-2)19(23)20-7-8-21-17-6-4-3-5-13(17)11-18(21)22/h3-6,9-10,12H,7-8,11H2,1-2H3,(H,20,23). The number of rotatable bonds is 6. The molecule has 1 N–H and O–H groups in total. The number of nitrogens with zero attached hydrogens (tertiary/aromatic N) is 1. The van der Waals surface area contributed by atoms with Crippen LogP contribution in [0.3, 0.4) is 0 Å². The molecule has 1 heterocycles. The summed E-state index contributed by atoms with van der Waals surface area (Å²) in [5, 5.41) is 2.84. The van der Waals surface area contributed by atoms with E-state index in [1.54, 1.807) is 23.1 Å². The molecule has 130 valence electrons. The SMILES string of the molecule is COc1cc(OC)cc(C(=O)NCCN2C(=O)Cc3ccccc32)c1. The van der Waals surface area contributed by atoms with Crippen LogP contribution >= 0.6 is 0 Å². The fraction of sp³-hybridized carbons (Fsp3) is 0.263. The molecule has 0 unspecified atom stereocenters. The van der Waals surface area contributed by atoms with Crippen LogP contribution in [-0.2, 0) is 11.2 Å². The fourth-order valence-corrected chi connectivity index (χ4v) is 2.88. The molecule has 6 nitrogen and oxygen atoms in total. The summed E-state index contributed by atoms with van der Waals surface area (Å²) < 4.78 is 10.3. The summed E-state index contributed by atoms with van der Waals surface area (Å²) in [6, 6.07) is 12.7. The van der Waals surface area contributed by atoms with Gasteiger partial charge in [-0.2, -0.15) is 0 Å². The molecule has 0 radical (unpaired) electrons. The topological polar surface area (TPSA) is 67.9 Å². The number of para-hydroxylation sites is 1. The Hall–Kier alpha value is -3.02. The van der Waals surface area contributed by atoms with Crippen molar-refractivity contribution in [3.63, 3.8) is 0 Å². The molecule has 0 bridgehead atoms. The highest BCUT2D eigenvalue weighted by Crippen LogP contribution is 2.27. The first-order valence-electron chi connectivity index (χ1n) is 8.02. The highest BCUT2D eigenvalue weighted by atomic mass is 16.5. The van der Waals surface area contributed by atoms with E-state index >= 15 is 0 Å². The van der Waals surface area contributed by atoms with Crippen LogP contribution in [0.2, 0.25) is 0 Å². The van der Waals surface area contributed by atoms with E-state index in [9.17, 15) is 9.59 Å². The number of methoxy groups -OCH3 is 2. The van der Waals surface area contributed by atoms with Gasteiger partial charge in [0.05, 0.1) is 20.6 Å². The number of anilines is 1. The number of fused-ring (bicyclic) bond motifs is 1. The molecule has 0 saturated heterocycles. The molecule has 0 saturated carbocycles. The molecule has 6 heteroatoms. The summed E-state index contributed by atoms with van der Waals surface area (Å²) in [5.74, 6) is 0.914. The maximum atomic E-state index is 12.4. The van der Waals surface area contributed by atoms with Crippen molar-refractivity contribution in [1.82, 2.24) is 5.32 Å². The highest BCUT2D eigenvalue weighted by Gasteiger charge is 2.26. The van der Waals surface area contributed by atoms with E-state index in [0.29, 0.717) is 36.6 Å². The van der Waals surface area contributed by atoms with Gasteiger partial charge in [-0.3, -0.25) is 9.59 Å². The predicted octanol–water partition coefficient (Wildman–Crippen LogP) is 2.02. The number of hydrogen-bond donors (Lipinski definition) is 1. The summed E-state index contributed by atoms with van der Waals surface area (Å²) >= 11 is 0. The Labute approximate surface area is 146 Å². The van der Waals surface area contributed by atoms with Crippen LogP contribution < -0.4 is 19.7 Å². The largest absolute Gasteiger partial charge is 0.497 e. The van der Waals surface area contributed by atoms with Crippen LogP contribution in [0.4, 0.5) is 5.69 Å². The Kier molecular flexibility index (Phi) is 4.88.